The van der Waals surface area contributed by atoms with Crippen molar-refractivity contribution in [3.63, 3.8) is 0 Å². The number of rotatable bonds is 8. The van der Waals surface area contributed by atoms with Gasteiger partial charge in [0.2, 0.25) is 0 Å². The Kier molecular flexibility index (Phi) is 15.1. The fraction of sp³-hybridized carbons (Fsp3) is 0.771. The Morgan fingerprint density at radius 1 is 0.823 bits per heavy atom. The van der Waals surface area contributed by atoms with Gasteiger partial charge >= 0.3 is 5.97 Å². The first-order valence-electron chi connectivity index (χ1n) is 22.7. The summed E-state index contributed by atoms with van der Waals surface area (Å²) in [5.74, 6) is -2.41. The molecule has 6 heterocycles. The van der Waals surface area contributed by atoms with Crippen LogP contribution in [0.3, 0.4) is 0 Å². The number of aliphatic hydroxyl groups is 2. The van der Waals surface area contributed by atoms with Crippen LogP contribution < -0.4 is 0 Å². The van der Waals surface area contributed by atoms with Gasteiger partial charge in [0.25, 0.3) is 0 Å². The Balaban J connectivity index is 1.19. The highest BCUT2D eigenvalue weighted by Gasteiger charge is 2.60. The van der Waals surface area contributed by atoms with Crippen molar-refractivity contribution in [1.29, 1.82) is 0 Å². The summed E-state index contributed by atoms with van der Waals surface area (Å²) in [6, 6.07) is 0. The SMILES string of the molecule is COC1CC(OC2C(C)OC(OC3/C(C)=C\CC4CC(CC5(C=CC(C)C(C(C)C)O5)O4)OC(=O)C4C=C(C)C(OC)C5OCC(=C/C=C\C3C)C45O)CC2OC)OC(C)C1O. The molecule has 14 nitrogen and oxygen atoms in total. The summed E-state index contributed by atoms with van der Waals surface area (Å²) < 4.78 is 69.7. The maximum atomic E-state index is 14.4. The van der Waals surface area contributed by atoms with E-state index in [0.717, 1.165) is 11.1 Å². The molecule has 6 aliphatic heterocycles. The summed E-state index contributed by atoms with van der Waals surface area (Å²) in [4.78, 5) is 14.4. The molecule has 0 aromatic carbocycles. The molecule has 14 heteroatoms. The van der Waals surface area contributed by atoms with Crippen LogP contribution in [0.4, 0.5) is 0 Å². The van der Waals surface area contributed by atoms with E-state index in [4.69, 9.17) is 52.1 Å². The van der Waals surface area contributed by atoms with Crippen LogP contribution in [0.25, 0.3) is 0 Å². The molecule has 7 aliphatic rings. The third kappa shape index (κ3) is 9.64. The van der Waals surface area contributed by atoms with Crippen molar-refractivity contribution in [1.82, 2.24) is 0 Å². The largest absolute Gasteiger partial charge is 0.462 e. The predicted octanol–water partition coefficient (Wildman–Crippen LogP) is 5.64. The molecule has 4 fully saturated rings. The normalized spacial score (nSPS) is 47.9. The third-order valence-electron chi connectivity index (χ3n) is 14.2. The molecule has 0 aromatic rings. The standard InChI is InChI=1S/C48H72O14/c1-25(2)41-28(5)17-18-47(62-41)23-34-20-33(61-47)16-15-27(4)42(59-39-22-37(53-10)44(31(8)57-39)60-38-21-36(52-9)40(49)30(7)56-38)26(3)13-12-14-32-24-55-45-43(54-11)29(6)19-35(46(50)58-34)48(32,45)51/h12-15,17-19,25-26,28,30-31,33-45,49,51H,16,20-24H2,1-11H3/b13-12-,27-15-,32-14?. The number of aliphatic hydroxyl groups excluding tert-OH is 1. The number of carbonyl (C=O) groups excluding carboxylic acids is 1. The van der Waals surface area contributed by atoms with Gasteiger partial charge in [0.1, 0.15) is 42.0 Å². The van der Waals surface area contributed by atoms with E-state index in [-0.39, 0.29) is 42.7 Å². The van der Waals surface area contributed by atoms with Crippen LogP contribution in [0, 0.1) is 23.7 Å². The average Bonchev–Trinajstić information content (AvgIpc) is 3.56. The number of esters is 1. The summed E-state index contributed by atoms with van der Waals surface area (Å²) >= 11 is 0. The maximum absolute atomic E-state index is 14.4. The lowest BCUT2D eigenvalue weighted by Crippen LogP contribution is -2.58. The van der Waals surface area contributed by atoms with Gasteiger partial charge in [-0.3, -0.25) is 4.79 Å². The number of fused-ring (bicyclic) bond motifs is 2. The molecule has 1 spiro atoms. The van der Waals surface area contributed by atoms with Crippen molar-refractivity contribution in [3.8, 4) is 0 Å². The minimum absolute atomic E-state index is 0.0944. The van der Waals surface area contributed by atoms with Crippen molar-refractivity contribution in [2.45, 2.75) is 185 Å². The van der Waals surface area contributed by atoms with Crippen LogP contribution in [0.2, 0.25) is 0 Å². The van der Waals surface area contributed by atoms with Crippen LogP contribution in [0.1, 0.15) is 87.5 Å². The Hall–Kier alpha value is -2.31. The third-order valence-corrected chi connectivity index (χ3v) is 14.2. The molecule has 19 unspecified atom stereocenters. The second-order valence-electron chi connectivity index (χ2n) is 19.0. The zero-order valence-electron chi connectivity index (χ0n) is 38.5. The molecule has 0 saturated carbocycles. The Bertz CT molecular complexity index is 1720. The summed E-state index contributed by atoms with van der Waals surface area (Å²) in [5.41, 5.74) is 0.622. The van der Waals surface area contributed by atoms with Gasteiger partial charge in [-0.25, -0.2) is 0 Å². The fourth-order valence-corrected chi connectivity index (χ4v) is 10.7. The van der Waals surface area contributed by atoms with Crippen LogP contribution in [0.15, 0.2) is 59.3 Å². The van der Waals surface area contributed by atoms with E-state index in [0.29, 0.717) is 37.7 Å². The lowest BCUT2D eigenvalue weighted by atomic mass is 9.70. The van der Waals surface area contributed by atoms with Gasteiger partial charge in [-0.1, -0.05) is 64.2 Å². The number of carbonyl (C=O) groups is 1. The van der Waals surface area contributed by atoms with Crippen molar-refractivity contribution < 1.29 is 67.1 Å². The second kappa shape index (κ2) is 19.7. The van der Waals surface area contributed by atoms with E-state index in [1.54, 1.807) is 34.3 Å². The van der Waals surface area contributed by atoms with Crippen molar-refractivity contribution >= 4 is 5.97 Å². The molecule has 7 rings (SSSR count). The van der Waals surface area contributed by atoms with Gasteiger partial charge in [-0.2, -0.15) is 0 Å². The zero-order valence-corrected chi connectivity index (χ0v) is 38.5. The van der Waals surface area contributed by atoms with Gasteiger partial charge in [-0.15, -0.1) is 0 Å². The lowest BCUT2D eigenvalue weighted by molar-refractivity contribution is -0.318. The highest BCUT2D eigenvalue weighted by molar-refractivity contribution is 5.78. The van der Waals surface area contributed by atoms with Crippen LogP contribution in [-0.2, 0) is 56.9 Å². The number of hydrogen-bond donors (Lipinski definition) is 2. The summed E-state index contributed by atoms with van der Waals surface area (Å²) in [5, 5.41) is 23.2. The first-order valence-corrected chi connectivity index (χ1v) is 22.7. The Morgan fingerprint density at radius 2 is 1.53 bits per heavy atom. The molecular weight excluding hydrogens is 801 g/mol. The van der Waals surface area contributed by atoms with E-state index in [1.165, 1.54) is 0 Å². The second-order valence-corrected chi connectivity index (χ2v) is 19.0. The minimum atomic E-state index is -1.71. The van der Waals surface area contributed by atoms with E-state index in [9.17, 15) is 15.0 Å². The average molecular weight is 873 g/mol. The molecule has 1 aliphatic carbocycles. The molecule has 19 atom stereocenters. The first kappa shape index (κ1) is 47.6. The first-order chi connectivity index (χ1) is 29.5. The van der Waals surface area contributed by atoms with Crippen molar-refractivity contribution in [2.24, 2.45) is 23.7 Å². The van der Waals surface area contributed by atoms with Gasteiger partial charge in [0.15, 0.2) is 18.4 Å². The molecule has 348 valence electrons. The van der Waals surface area contributed by atoms with Crippen LogP contribution in [0.5, 0.6) is 0 Å². The van der Waals surface area contributed by atoms with Crippen LogP contribution >= 0.6 is 0 Å². The monoisotopic (exact) mass is 872 g/mol. The number of methoxy groups -OCH3 is 3. The Morgan fingerprint density at radius 3 is 2.24 bits per heavy atom. The quantitative estimate of drug-likeness (QED) is 0.228. The van der Waals surface area contributed by atoms with Gasteiger partial charge in [0, 0.05) is 58.8 Å². The van der Waals surface area contributed by atoms with E-state index < -0.39 is 90.8 Å². The number of ether oxygens (including phenoxy) is 11. The molecule has 4 saturated heterocycles. The van der Waals surface area contributed by atoms with E-state index >= 15 is 0 Å². The topological polar surface area (TPSA) is 159 Å². The summed E-state index contributed by atoms with van der Waals surface area (Å²) in [6.07, 6.45) is 8.94. The maximum Gasteiger partial charge on any atom is 0.316 e. The predicted molar refractivity (Wildman–Crippen MR) is 227 cm³/mol. The van der Waals surface area contributed by atoms with Gasteiger partial charge < -0.3 is 62.3 Å². The van der Waals surface area contributed by atoms with E-state index in [2.05, 4.69) is 46.8 Å². The number of hydrogen-bond acceptors (Lipinski definition) is 14. The van der Waals surface area contributed by atoms with Crippen LogP contribution in [-0.4, -0.2) is 141 Å². The minimum Gasteiger partial charge on any atom is -0.462 e. The molecule has 0 aromatic heterocycles. The highest BCUT2D eigenvalue weighted by atomic mass is 16.7. The molecule has 62 heavy (non-hydrogen) atoms. The summed E-state index contributed by atoms with van der Waals surface area (Å²) in [7, 11) is 4.82. The molecule has 2 N–H and O–H groups in total. The van der Waals surface area contributed by atoms with Crippen molar-refractivity contribution in [2.75, 3.05) is 27.9 Å². The molecule has 0 amide bonds. The Labute approximate surface area is 367 Å². The highest BCUT2D eigenvalue weighted by Crippen LogP contribution is 2.47. The molecule has 0 radical (unpaired) electrons. The lowest BCUT2D eigenvalue weighted by Gasteiger charge is -2.48. The molecule has 2 bridgehead atoms. The smallest absolute Gasteiger partial charge is 0.316 e. The van der Waals surface area contributed by atoms with Gasteiger partial charge in [-0.05, 0) is 62.8 Å². The summed E-state index contributed by atoms with van der Waals surface area (Å²) in [6.45, 7) is 16.3. The zero-order chi connectivity index (χ0) is 44.7. The number of allylic oxidation sites excluding steroid dienone is 2. The van der Waals surface area contributed by atoms with E-state index in [1.807, 2.05) is 38.2 Å². The van der Waals surface area contributed by atoms with Gasteiger partial charge in [0.05, 0.1) is 49.3 Å². The molecular formula is C48H72O14. The fourth-order valence-electron chi connectivity index (χ4n) is 10.7. The van der Waals surface area contributed by atoms with Crippen molar-refractivity contribution in [3.05, 3.63) is 59.3 Å².